The van der Waals surface area contributed by atoms with Crippen LogP contribution in [0.2, 0.25) is 0 Å². The maximum Gasteiger partial charge on any atom is 0.245 e. The number of nitrogens with one attached hydrogen (secondary N) is 1. The molecule has 0 bridgehead atoms. The van der Waals surface area contributed by atoms with Crippen LogP contribution in [-0.2, 0) is 32.7 Å². The first kappa shape index (κ1) is 33.5. The number of likely N-dealkylation sites (tertiary alicyclic amines) is 1. The van der Waals surface area contributed by atoms with Crippen molar-refractivity contribution in [1.82, 2.24) is 10.2 Å². The van der Waals surface area contributed by atoms with Gasteiger partial charge in [0, 0.05) is 35.9 Å². The molecule has 0 aromatic heterocycles. The summed E-state index contributed by atoms with van der Waals surface area (Å²) >= 11 is 1.35. The lowest BCUT2D eigenvalue weighted by atomic mass is 9.85. The predicted molar refractivity (Wildman–Crippen MR) is 153 cm³/mol. The lowest BCUT2D eigenvalue weighted by molar-refractivity contribution is -0.140. The predicted octanol–water partition coefficient (Wildman–Crippen LogP) is 4.02. The van der Waals surface area contributed by atoms with Gasteiger partial charge in [-0.1, -0.05) is 38.5 Å². The van der Waals surface area contributed by atoms with Crippen molar-refractivity contribution in [3.63, 3.8) is 0 Å². The van der Waals surface area contributed by atoms with Crippen molar-refractivity contribution in [3.8, 4) is 0 Å². The Balaban J connectivity index is 1.39. The Labute approximate surface area is 238 Å². The second-order valence-corrected chi connectivity index (χ2v) is 11.7. The topological polar surface area (TPSA) is 95.6 Å². The van der Waals surface area contributed by atoms with E-state index in [1.165, 1.54) is 17.6 Å². The molecule has 1 aliphatic heterocycles. The van der Waals surface area contributed by atoms with Crippen LogP contribution in [0.1, 0.15) is 52.5 Å². The van der Waals surface area contributed by atoms with Crippen LogP contribution in [0.25, 0.3) is 0 Å². The molecule has 2 unspecified atom stereocenters. The highest BCUT2D eigenvalue weighted by Crippen LogP contribution is 2.25. The van der Waals surface area contributed by atoms with Gasteiger partial charge in [0.05, 0.1) is 59.5 Å². The molecule has 0 radical (unpaired) electrons. The van der Waals surface area contributed by atoms with Gasteiger partial charge in [-0.15, -0.1) is 0 Å². The van der Waals surface area contributed by atoms with Gasteiger partial charge < -0.3 is 33.3 Å². The molecular formula is C29H48N2O7S. The molecule has 2 rings (SSSR count). The Morgan fingerprint density at radius 1 is 0.923 bits per heavy atom. The van der Waals surface area contributed by atoms with Gasteiger partial charge in [0.1, 0.15) is 6.04 Å². The van der Waals surface area contributed by atoms with E-state index in [1.807, 2.05) is 37.8 Å². The number of ether oxygens (including phenoxy) is 4. The molecule has 0 aliphatic carbocycles. The second kappa shape index (κ2) is 18.6. The first-order chi connectivity index (χ1) is 18.7. The van der Waals surface area contributed by atoms with Crippen LogP contribution in [0.15, 0.2) is 29.2 Å². The van der Waals surface area contributed by atoms with Crippen molar-refractivity contribution < 1.29 is 32.7 Å². The van der Waals surface area contributed by atoms with Crippen LogP contribution in [0, 0.1) is 12.3 Å². The standard InChI is InChI=1S/C29H48N2O7S/c1-23-8-10-25(11-9-23)39-38-22-21-37-20-19-36-18-17-35-16-15-34-14-12-26(32)30-27(29(3,4)5)28(33)31-13-6-7-24(31)2/h8-11,24,27H,6-7,12-22H2,1-5H3,(H,30,32). The molecule has 1 aromatic carbocycles. The Hall–Kier alpha value is -1.69. The lowest BCUT2D eigenvalue weighted by Gasteiger charge is -2.35. The molecule has 10 heteroatoms. The van der Waals surface area contributed by atoms with Gasteiger partial charge >= 0.3 is 0 Å². The second-order valence-electron chi connectivity index (χ2n) is 10.8. The molecule has 0 spiro atoms. The summed E-state index contributed by atoms with van der Waals surface area (Å²) in [6.07, 6.45) is 2.23. The molecule has 1 aromatic rings. The highest BCUT2D eigenvalue weighted by atomic mass is 32.2. The van der Waals surface area contributed by atoms with Gasteiger partial charge in [-0.25, -0.2) is 0 Å². The minimum Gasteiger partial charge on any atom is -0.379 e. The number of nitrogens with zero attached hydrogens (tertiary/aromatic N) is 1. The van der Waals surface area contributed by atoms with Gasteiger partial charge in [-0.2, -0.15) is 0 Å². The SMILES string of the molecule is Cc1ccc(SOCCOCCOCCOCCOCCC(=O)NC(C(=O)N2CCCC2C)C(C)(C)C)cc1. The molecule has 0 saturated carbocycles. The van der Waals surface area contributed by atoms with Crippen LogP contribution in [-0.4, -0.2) is 94.8 Å². The summed E-state index contributed by atoms with van der Waals surface area (Å²) in [4.78, 5) is 28.5. The number of hydrogen-bond donors (Lipinski definition) is 1. The van der Waals surface area contributed by atoms with E-state index in [2.05, 4.69) is 31.3 Å². The van der Waals surface area contributed by atoms with E-state index in [1.54, 1.807) is 0 Å². The molecular weight excluding hydrogens is 520 g/mol. The third-order valence-corrected chi connectivity index (χ3v) is 7.08. The molecule has 1 saturated heterocycles. The molecule has 2 amide bonds. The third kappa shape index (κ3) is 14.0. The lowest BCUT2D eigenvalue weighted by Crippen LogP contribution is -2.55. The largest absolute Gasteiger partial charge is 0.379 e. The van der Waals surface area contributed by atoms with Crippen LogP contribution >= 0.6 is 12.0 Å². The van der Waals surface area contributed by atoms with Crippen LogP contribution in [0.5, 0.6) is 0 Å². The smallest absolute Gasteiger partial charge is 0.245 e. The fourth-order valence-corrected chi connectivity index (χ4v) is 4.57. The number of carbonyl (C=O) groups is 2. The fourth-order valence-electron chi connectivity index (χ4n) is 4.03. The van der Waals surface area contributed by atoms with Gasteiger partial charge in [-0.05, 0) is 44.2 Å². The highest BCUT2D eigenvalue weighted by Gasteiger charge is 2.38. The van der Waals surface area contributed by atoms with E-state index in [0.717, 1.165) is 24.3 Å². The first-order valence-electron chi connectivity index (χ1n) is 14.0. The monoisotopic (exact) mass is 568 g/mol. The van der Waals surface area contributed by atoms with Gasteiger partial charge in [-0.3, -0.25) is 9.59 Å². The van der Waals surface area contributed by atoms with E-state index in [-0.39, 0.29) is 36.3 Å². The number of benzene rings is 1. The van der Waals surface area contributed by atoms with Crippen molar-refractivity contribution in [2.75, 3.05) is 66.0 Å². The average molecular weight is 569 g/mol. The number of aryl methyl sites for hydroxylation is 1. The van der Waals surface area contributed by atoms with Crippen molar-refractivity contribution in [2.24, 2.45) is 5.41 Å². The first-order valence-corrected chi connectivity index (χ1v) is 14.7. The summed E-state index contributed by atoms with van der Waals surface area (Å²) in [6.45, 7) is 14.9. The maximum absolute atomic E-state index is 13.0. The molecule has 222 valence electrons. The molecule has 9 nitrogen and oxygen atoms in total. The van der Waals surface area contributed by atoms with E-state index in [9.17, 15) is 9.59 Å². The Morgan fingerprint density at radius 2 is 1.46 bits per heavy atom. The van der Waals surface area contributed by atoms with E-state index in [0.29, 0.717) is 52.9 Å². The van der Waals surface area contributed by atoms with Crippen molar-refractivity contribution in [3.05, 3.63) is 29.8 Å². The van der Waals surface area contributed by atoms with Crippen molar-refractivity contribution in [2.45, 2.75) is 70.9 Å². The fraction of sp³-hybridized carbons (Fsp3) is 0.724. The number of hydrogen-bond acceptors (Lipinski definition) is 8. The molecule has 1 heterocycles. The normalized spacial score (nSPS) is 16.4. The van der Waals surface area contributed by atoms with Gasteiger partial charge in [0.25, 0.3) is 0 Å². The van der Waals surface area contributed by atoms with E-state index < -0.39 is 6.04 Å². The average Bonchev–Trinajstić information content (AvgIpc) is 3.32. The Bertz CT molecular complexity index is 832. The van der Waals surface area contributed by atoms with E-state index in [4.69, 9.17) is 23.1 Å². The highest BCUT2D eigenvalue weighted by molar-refractivity contribution is 7.94. The van der Waals surface area contributed by atoms with Crippen LogP contribution < -0.4 is 5.32 Å². The van der Waals surface area contributed by atoms with Crippen LogP contribution in [0.3, 0.4) is 0 Å². The zero-order valence-corrected chi connectivity index (χ0v) is 25.2. The molecule has 2 atom stereocenters. The summed E-state index contributed by atoms with van der Waals surface area (Å²) in [5, 5.41) is 2.94. The quantitative estimate of drug-likeness (QED) is 0.198. The van der Waals surface area contributed by atoms with Gasteiger partial charge in [0.2, 0.25) is 11.8 Å². The maximum atomic E-state index is 13.0. The molecule has 1 N–H and O–H groups in total. The summed E-state index contributed by atoms with van der Waals surface area (Å²) in [6, 6.07) is 7.86. The summed E-state index contributed by atoms with van der Waals surface area (Å²) in [5.74, 6) is -0.172. The molecule has 39 heavy (non-hydrogen) atoms. The third-order valence-electron chi connectivity index (χ3n) is 6.33. The van der Waals surface area contributed by atoms with Crippen LogP contribution in [0.4, 0.5) is 0 Å². The molecule has 1 aliphatic rings. The molecule has 1 fully saturated rings. The van der Waals surface area contributed by atoms with Crippen molar-refractivity contribution >= 4 is 23.9 Å². The Morgan fingerprint density at radius 3 is 1.97 bits per heavy atom. The summed E-state index contributed by atoms with van der Waals surface area (Å²) in [7, 11) is 0. The van der Waals surface area contributed by atoms with Crippen molar-refractivity contribution in [1.29, 1.82) is 0 Å². The van der Waals surface area contributed by atoms with E-state index >= 15 is 0 Å². The number of carbonyl (C=O) groups excluding carboxylic acids is 2. The summed E-state index contributed by atoms with van der Waals surface area (Å²) in [5.41, 5.74) is 0.860. The zero-order chi connectivity index (χ0) is 28.5. The number of amides is 2. The minimum atomic E-state index is -0.546. The zero-order valence-electron chi connectivity index (χ0n) is 24.4. The Kier molecular flexibility index (Phi) is 16.0. The summed E-state index contributed by atoms with van der Waals surface area (Å²) < 4.78 is 27.5. The minimum absolute atomic E-state index is 0.00551. The number of rotatable bonds is 19. The van der Waals surface area contributed by atoms with Gasteiger partial charge in [0.15, 0.2) is 0 Å².